The zero-order valence-corrected chi connectivity index (χ0v) is 22.3. The summed E-state index contributed by atoms with van der Waals surface area (Å²) < 4.78 is 4.45. The van der Waals surface area contributed by atoms with Crippen LogP contribution in [0.3, 0.4) is 0 Å². The molecule has 0 bridgehead atoms. The first kappa shape index (κ1) is 25.8. The van der Waals surface area contributed by atoms with Crippen LogP contribution in [-0.4, -0.2) is 18.4 Å². The summed E-state index contributed by atoms with van der Waals surface area (Å²) in [7, 11) is 0. The van der Waals surface area contributed by atoms with E-state index in [9.17, 15) is 0 Å². The number of rotatable bonds is 14. The molecule has 25 heavy (non-hydrogen) atoms. The molecule has 0 aromatic heterocycles. The summed E-state index contributed by atoms with van der Waals surface area (Å²) in [5.74, 6) is 0. The van der Waals surface area contributed by atoms with Crippen molar-refractivity contribution in [2.24, 2.45) is 0 Å². The van der Waals surface area contributed by atoms with Gasteiger partial charge in [-0.05, 0) is 0 Å². The van der Waals surface area contributed by atoms with E-state index in [2.05, 4.69) is 55.4 Å². The van der Waals surface area contributed by atoms with Gasteiger partial charge in [-0.1, -0.05) is 0 Å². The van der Waals surface area contributed by atoms with Gasteiger partial charge in [0.1, 0.15) is 0 Å². The van der Waals surface area contributed by atoms with Crippen LogP contribution < -0.4 is 0 Å². The summed E-state index contributed by atoms with van der Waals surface area (Å²) in [6.07, 6.45) is 17.5. The molecule has 0 aliphatic heterocycles. The molecule has 0 aliphatic carbocycles. The molecule has 0 aliphatic rings. The quantitative estimate of drug-likeness (QED) is 0.179. The van der Waals surface area contributed by atoms with Gasteiger partial charge in [-0.3, -0.25) is 0 Å². The predicted molar refractivity (Wildman–Crippen MR) is 122 cm³/mol. The zero-order chi connectivity index (χ0) is 19.4. The fraction of sp³-hybridized carbons (Fsp3) is 1.00. The van der Waals surface area contributed by atoms with E-state index in [1.807, 2.05) is 0 Å². The van der Waals surface area contributed by atoms with E-state index >= 15 is 0 Å². The molecule has 0 atom stereocenters. The second-order valence-electron chi connectivity index (χ2n) is 10.6. The van der Waals surface area contributed by atoms with Crippen LogP contribution in [0.25, 0.3) is 0 Å². The molecule has 0 saturated heterocycles. The van der Waals surface area contributed by atoms with Gasteiger partial charge in [-0.15, -0.1) is 0 Å². The second-order valence-corrected chi connectivity index (χ2v) is 28.2. The van der Waals surface area contributed by atoms with Gasteiger partial charge in [-0.2, -0.15) is 0 Å². The Balaban J connectivity index is 4.73. The molecule has 0 heterocycles. The molecular formula is C24H52Sn. The second kappa shape index (κ2) is 13.1. The van der Waals surface area contributed by atoms with Crippen LogP contribution in [0.2, 0.25) is 15.7 Å². The summed E-state index contributed by atoms with van der Waals surface area (Å²) in [5.41, 5.74) is 0. The molecule has 0 spiro atoms. The van der Waals surface area contributed by atoms with Gasteiger partial charge < -0.3 is 0 Å². The van der Waals surface area contributed by atoms with E-state index in [4.69, 9.17) is 0 Å². The van der Waals surface area contributed by atoms with Crippen LogP contribution in [0.1, 0.15) is 132 Å². The maximum absolute atomic E-state index is 2.60. The summed E-state index contributed by atoms with van der Waals surface area (Å²) in [6.45, 7) is 20.2. The van der Waals surface area contributed by atoms with E-state index in [-0.39, 0.29) is 0 Å². The minimum atomic E-state index is -2.26. The van der Waals surface area contributed by atoms with Gasteiger partial charge >= 0.3 is 167 Å². The monoisotopic (exact) mass is 460 g/mol. The minimum absolute atomic E-state index is 0.597. The Hall–Kier alpha value is 0.799. The molecule has 0 nitrogen and oxygen atoms in total. The van der Waals surface area contributed by atoms with Crippen molar-refractivity contribution in [2.75, 3.05) is 0 Å². The van der Waals surface area contributed by atoms with Crippen molar-refractivity contribution < 1.29 is 0 Å². The van der Waals surface area contributed by atoms with Crippen molar-refractivity contribution in [1.82, 2.24) is 0 Å². The van der Waals surface area contributed by atoms with E-state index in [0.717, 1.165) is 0 Å². The molecule has 0 unspecified atom stereocenters. The third-order valence-corrected chi connectivity index (χ3v) is 30.1. The molecule has 0 amide bonds. The van der Waals surface area contributed by atoms with Gasteiger partial charge in [0.2, 0.25) is 0 Å². The van der Waals surface area contributed by atoms with Gasteiger partial charge in [-0.25, -0.2) is 0 Å². The Kier molecular flexibility index (Phi) is 13.5. The number of unbranched alkanes of at least 4 members (excludes halogenated alkanes) is 10. The van der Waals surface area contributed by atoms with E-state index in [1.54, 1.807) is 8.87 Å². The van der Waals surface area contributed by atoms with E-state index in [0.29, 0.717) is 6.86 Å². The Morgan fingerprint density at radius 2 is 0.720 bits per heavy atom. The standard InChI is InChI=1S/2C8H17.2C4H9.Sn/c2*1-3-5-7-8-6-4-2;2*1-4(2)3;/h2*1,3-8H2,2H3;2*1-3H3;. The van der Waals surface area contributed by atoms with Gasteiger partial charge in [0.15, 0.2) is 0 Å². The summed E-state index contributed by atoms with van der Waals surface area (Å²) in [5, 5.41) is 0. The first-order valence-electron chi connectivity index (χ1n) is 11.6. The van der Waals surface area contributed by atoms with Crippen LogP contribution in [-0.2, 0) is 0 Å². The molecule has 0 fully saturated rings. The SMILES string of the molecule is CCCCCCC[CH2][Sn]([CH2]CCCCCCC)([C](C)(C)C)[C](C)(C)C. The van der Waals surface area contributed by atoms with Gasteiger partial charge in [0.25, 0.3) is 0 Å². The average molecular weight is 459 g/mol. The average Bonchev–Trinajstić information content (AvgIpc) is 2.49. The molecule has 0 N–H and O–H groups in total. The molecule has 1 heteroatoms. The molecule has 0 rings (SSSR count). The Morgan fingerprint density at radius 1 is 0.440 bits per heavy atom. The van der Waals surface area contributed by atoms with Crippen LogP contribution in [0.15, 0.2) is 0 Å². The van der Waals surface area contributed by atoms with Crippen LogP contribution in [0.5, 0.6) is 0 Å². The molecule has 0 radical (unpaired) electrons. The predicted octanol–water partition coefficient (Wildman–Crippen LogP) is 9.76. The van der Waals surface area contributed by atoms with Gasteiger partial charge in [0, 0.05) is 0 Å². The zero-order valence-electron chi connectivity index (χ0n) is 19.4. The molecular weight excluding hydrogens is 407 g/mol. The Morgan fingerprint density at radius 3 is 1.00 bits per heavy atom. The topological polar surface area (TPSA) is 0 Å². The summed E-state index contributed by atoms with van der Waals surface area (Å²) in [4.78, 5) is 0. The van der Waals surface area contributed by atoms with Crippen molar-refractivity contribution in [3.05, 3.63) is 0 Å². The first-order valence-corrected chi connectivity index (χ1v) is 18.5. The van der Waals surface area contributed by atoms with Crippen LogP contribution in [0, 0.1) is 0 Å². The van der Waals surface area contributed by atoms with E-state index < -0.39 is 18.4 Å². The molecule has 152 valence electrons. The normalized spacial score (nSPS) is 13.4. The van der Waals surface area contributed by atoms with Crippen molar-refractivity contribution >= 4 is 18.4 Å². The maximum atomic E-state index is 2.60. The van der Waals surface area contributed by atoms with Crippen LogP contribution in [0.4, 0.5) is 0 Å². The third-order valence-electron chi connectivity index (χ3n) is 6.79. The molecule has 0 aromatic rings. The van der Waals surface area contributed by atoms with Crippen LogP contribution >= 0.6 is 0 Å². The fourth-order valence-electron chi connectivity index (χ4n) is 5.16. The molecule has 0 saturated carbocycles. The van der Waals surface area contributed by atoms with E-state index in [1.165, 1.54) is 77.0 Å². The van der Waals surface area contributed by atoms with Crippen molar-refractivity contribution in [1.29, 1.82) is 0 Å². The Labute approximate surface area is 166 Å². The third kappa shape index (κ3) is 9.52. The first-order chi connectivity index (χ1) is 11.6. The number of hydrogen-bond donors (Lipinski definition) is 0. The van der Waals surface area contributed by atoms with Crippen molar-refractivity contribution in [3.8, 4) is 0 Å². The van der Waals surface area contributed by atoms with Crippen molar-refractivity contribution in [3.63, 3.8) is 0 Å². The van der Waals surface area contributed by atoms with Crippen molar-refractivity contribution in [2.45, 2.75) is 148 Å². The summed E-state index contributed by atoms with van der Waals surface area (Å²) in [6, 6.07) is 0. The molecule has 0 aromatic carbocycles. The van der Waals surface area contributed by atoms with Gasteiger partial charge in [0.05, 0.1) is 0 Å². The summed E-state index contributed by atoms with van der Waals surface area (Å²) >= 11 is -2.26. The number of hydrogen-bond acceptors (Lipinski definition) is 0. The Bertz CT molecular complexity index is 273. The fourth-order valence-corrected chi connectivity index (χ4v) is 25.7.